The Morgan fingerprint density at radius 1 is 0.487 bits per heavy atom. The lowest BCUT2D eigenvalue weighted by Crippen LogP contribution is -3.00. The second-order valence-electron chi connectivity index (χ2n) is 12.8. The summed E-state index contributed by atoms with van der Waals surface area (Å²) in [7, 11) is 8.76. The molecule has 0 radical (unpaired) electrons. The molecule has 236 valence electrons. The van der Waals surface area contributed by atoms with E-state index >= 15 is 0 Å². The van der Waals surface area contributed by atoms with Gasteiger partial charge in [0.25, 0.3) is 0 Å². The third-order valence-corrected chi connectivity index (χ3v) is 8.45. The molecule has 0 unspecified atom stereocenters. The molecule has 0 aliphatic rings. The third-order valence-electron chi connectivity index (χ3n) is 7.51. The van der Waals surface area contributed by atoms with Crippen molar-refractivity contribution in [2.75, 3.05) is 65.9 Å². The van der Waals surface area contributed by atoms with Crippen LogP contribution in [0.15, 0.2) is 0 Å². The van der Waals surface area contributed by atoms with Crippen molar-refractivity contribution in [3.63, 3.8) is 0 Å². The van der Waals surface area contributed by atoms with E-state index in [4.69, 9.17) is 0 Å². The summed E-state index contributed by atoms with van der Waals surface area (Å²) in [6.45, 7) is 7.89. The second kappa shape index (κ2) is 28.7. The van der Waals surface area contributed by atoms with Gasteiger partial charge in [-0.3, -0.25) is 9.59 Å². The van der Waals surface area contributed by atoms with Crippen molar-refractivity contribution in [2.45, 2.75) is 129 Å². The fourth-order valence-corrected chi connectivity index (χ4v) is 6.36. The Kier molecular flexibility index (Phi) is 32.4. The van der Waals surface area contributed by atoms with Crippen molar-refractivity contribution < 1.29 is 52.5 Å². The highest BCUT2D eigenvalue weighted by Crippen LogP contribution is 2.13. The van der Waals surface area contributed by atoms with Crippen LogP contribution in [0.3, 0.4) is 0 Å². The van der Waals surface area contributed by atoms with Crippen molar-refractivity contribution in [1.82, 2.24) is 0 Å². The van der Waals surface area contributed by atoms with E-state index in [2.05, 4.69) is 42.0 Å². The monoisotopic (exact) mass is 700 g/mol. The molecule has 0 bridgehead atoms. The van der Waals surface area contributed by atoms with Crippen molar-refractivity contribution >= 4 is 23.3 Å². The maximum absolute atomic E-state index is 12.5. The van der Waals surface area contributed by atoms with Gasteiger partial charge in [-0.2, -0.15) is 11.8 Å². The number of ketones is 2. The van der Waals surface area contributed by atoms with Gasteiger partial charge < -0.3 is 42.9 Å². The fourth-order valence-electron chi connectivity index (χ4n) is 4.91. The summed E-state index contributed by atoms with van der Waals surface area (Å²) in [6, 6.07) is 0. The van der Waals surface area contributed by atoms with E-state index in [1.807, 2.05) is 11.8 Å². The van der Waals surface area contributed by atoms with E-state index in [1.54, 1.807) is 0 Å². The van der Waals surface area contributed by atoms with Crippen molar-refractivity contribution in [3.8, 4) is 0 Å². The number of thioether (sulfide) groups is 1. The number of carbonyl (C=O) groups is 2. The van der Waals surface area contributed by atoms with Crippen molar-refractivity contribution in [1.29, 1.82) is 0 Å². The van der Waals surface area contributed by atoms with E-state index in [0.29, 0.717) is 24.7 Å². The lowest BCUT2D eigenvalue weighted by molar-refractivity contribution is -0.880. The smallest absolute Gasteiger partial charge is 0.186 e. The van der Waals surface area contributed by atoms with Crippen LogP contribution in [0.2, 0.25) is 0 Å². The van der Waals surface area contributed by atoms with Gasteiger partial charge >= 0.3 is 0 Å². The highest BCUT2D eigenvalue weighted by atomic mass is 79.9. The van der Waals surface area contributed by atoms with Gasteiger partial charge in [-0.15, -0.1) is 0 Å². The SMILES string of the molecule is CCCCCCCCCCC(=O)C[N+](C)(C)CCSCC[N+](C)(C)CC(=O)CCCCCCCCCC.[Br-].[Br-]. The van der Waals surface area contributed by atoms with Gasteiger partial charge in [-0.05, 0) is 12.8 Å². The zero-order chi connectivity index (χ0) is 27.8. The first kappa shape index (κ1) is 44.0. The molecule has 0 rings (SSSR count). The number of nitrogens with zero attached hydrogens (tertiary/aromatic N) is 2. The van der Waals surface area contributed by atoms with Crippen LogP contribution in [0.4, 0.5) is 0 Å². The molecule has 0 saturated carbocycles. The van der Waals surface area contributed by atoms with Crippen LogP contribution in [-0.4, -0.2) is 86.4 Å². The molecule has 0 aromatic rings. The average molecular weight is 703 g/mol. The van der Waals surface area contributed by atoms with Crippen LogP contribution in [0.25, 0.3) is 0 Å². The van der Waals surface area contributed by atoms with Gasteiger partial charge in [0.05, 0.1) is 41.3 Å². The molecule has 0 N–H and O–H groups in total. The normalized spacial score (nSPS) is 11.6. The molecule has 0 aliphatic carbocycles. The highest BCUT2D eigenvalue weighted by Gasteiger charge is 2.21. The topological polar surface area (TPSA) is 34.1 Å². The number of hydrogen-bond acceptors (Lipinski definition) is 3. The highest BCUT2D eigenvalue weighted by molar-refractivity contribution is 7.99. The van der Waals surface area contributed by atoms with Gasteiger partial charge in [0.2, 0.25) is 0 Å². The van der Waals surface area contributed by atoms with Gasteiger partial charge in [0.1, 0.15) is 13.1 Å². The number of hydrogen-bond donors (Lipinski definition) is 0. The summed E-state index contributed by atoms with van der Waals surface area (Å²) < 4.78 is 1.58. The molecule has 0 amide bonds. The number of carbonyl (C=O) groups excluding carboxylic acids is 2. The molecule has 7 heteroatoms. The zero-order valence-electron chi connectivity index (χ0n) is 26.8. The standard InChI is InChI=1S/C32H66N2O2S.2BrH/c1-7-9-11-13-15-17-19-21-23-31(35)29-33(3,4)25-27-37-28-26-34(5,6)30-32(36)24-22-20-18-16-14-12-10-8-2;;/h7-30H2,1-6H3;2*1H/q+2;;/p-2. The molecule has 0 saturated heterocycles. The largest absolute Gasteiger partial charge is 1.00 e. The quantitative estimate of drug-likeness (QED) is 0.0927. The number of unbranched alkanes of at least 4 members (excludes halogenated alkanes) is 14. The van der Waals surface area contributed by atoms with E-state index in [-0.39, 0.29) is 34.0 Å². The molecule has 0 fully saturated rings. The number of likely N-dealkylation sites (N-methyl/N-ethyl adjacent to an activating group) is 2. The lowest BCUT2D eigenvalue weighted by Gasteiger charge is -2.30. The Bertz CT molecular complexity index is 526. The van der Waals surface area contributed by atoms with Crippen LogP contribution >= 0.6 is 11.8 Å². The number of Topliss-reactive ketones (excluding diaryl/α,β-unsaturated/α-hetero) is 2. The second-order valence-corrected chi connectivity index (χ2v) is 14.0. The summed E-state index contributed by atoms with van der Waals surface area (Å²) in [5.41, 5.74) is 0. The molecule has 0 heterocycles. The minimum absolute atomic E-state index is 0. The summed E-state index contributed by atoms with van der Waals surface area (Å²) in [4.78, 5) is 24.9. The molecule has 0 aromatic heterocycles. The average Bonchev–Trinajstić information content (AvgIpc) is 2.81. The molecule has 0 aliphatic heterocycles. The fraction of sp³-hybridized carbons (Fsp3) is 0.938. The number of rotatable bonds is 28. The summed E-state index contributed by atoms with van der Waals surface area (Å²) >= 11 is 1.97. The van der Waals surface area contributed by atoms with Gasteiger partial charge in [0.15, 0.2) is 11.6 Å². The predicted octanol–water partition coefficient (Wildman–Crippen LogP) is 2.08. The molecule has 0 atom stereocenters. The van der Waals surface area contributed by atoms with E-state index in [0.717, 1.165) is 59.2 Å². The lowest BCUT2D eigenvalue weighted by atomic mass is 10.1. The number of halogens is 2. The van der Waals surface area contributed by atoms with Crippen molar-refractivity contribution in [3.05, 3.63) is 0 Å². The molecule has 0 spiro atoms. The molecular formula is C32H66Br2N2O2S. The van der Waals surface area contributed by atoms with Crippen molar-refractivity contribution in [2.24, 2.45) is 0 Å². The third kappa shape index (κ3) is 31.3. The zero-order valence-corrected chi connectivity index (χ0v) is 30.8. The molecular weight excluding hydrogens is 636 g/mol. The Balaban J connectivity index is -0.00000648. The Morgan fingerprint density at radius 2 is 0.769 bits per heavy atom. The first-order chi connectivity index (χ1) is 17.6. The molecule has 39 heavy (non-hydrogen) atoms. The molecule has 4 nitrogen and oxygen atoms in total. The first-order valence-electron chi connectivity index (χ1n) is 15.9. The Morgan fingerprint density at radius 3 is 1.08 bits per heavy atom. The first-order valence-corrected chi connectivity index (χ1v) is 17.0. The van der Waals surface area contributed by atoms with Gasteiger partial charge in [-0.25, -0.2) is 0 Å². The van der Waals surface area contributed by atoms with E-state index < -0.39 is 0 Å². The Labute approximate surface area is 269 Å². The maximum Gasteiger partial charge on any atom is 0.186 e. The summed E-state index contributed by atoms with van der Waals surface area (Å²) in [5, 5.41) is 0. The number of quaternary nitrogens is 2. The van der Waals surface area contributed by atoms with Crippen LogP contribution in [0, 0.1) is 0 Å². The van der Waals surface area contributed by atoms with Gasteiger partial charge in [0, 0.05) is 24.3 Å². The summed E-state index contributed by atoms with van der Waals surface area (Å²) in [6.07, 6.45) is 22.0. The predicted molar refractivity (Wildman–Crippen MR) is 165 cm³/mol. The van der Waals surface area contributed by atoms with Crippen LogP contribution < -0.4 is 34.0 Å². The van der Waals surface area contributed by atoms with Gasteiger partial charge in [-0.1, -0.05) is 104 Å². The molecule has 0 aromatic carbocycles. The maximum atomic E-state index is 12.5. The Hall–Kier alpha value is 0.570. The van der Waals surface area contributed by atoms with Crippen LogP contribution in [0.1, 0.15) is 129 Å². The minimum atomic E-state index is 0. The minimum Gasteiger partial charge on any atom is -1.00 e. The summed E-state index contributed by atoms with van der Waals surface area (Å²) in [5.74, 6) is 3.00. The van der Waals surface area contributed by atoms with E-state index in [9.17, 15) is 9.59 Å². The van der Waals surface area contributed by atoms with Crippen LogP contribution in [-0.2, 0) is 9.59 Å². The van der Waals surface area contributed by atoms with Crippen LogP contribution in [0.5, 0.6) is 0 Å². The van der Waals surface area contributed by atoms with E-state index in [1.165, 1.54) is 89.9 Å².